The third-order valence-electron chi connectivity index (χ3n) is 9.50. The summed E-state index contributed by atoms with van der Waals surface area (Å²) < 4.78 is 0. The lowest BCUT2D eigenvalue weighted by Crippen LogP contribution is -2.28. The molecule has 0 atom stereocenters. The molecule has 4 N–H and O–H groups in total. The monoisotopic (exact) mass is 631 g/mol. The van der Waals surface area contributed by atoms with Gasteiger partial charge in [0.2, 0.25) is 17.8 Å². The van der Waals surface area contributed by atoms with Crippen LogP contribution in [0.3, 0.4) is 0 Å². The minimum atomic E-state index is 0.224. The number of anilines is 3. The van der Waals surface area contributed by atoms with Crippen molar-refractivity contribution in [2.75, 3.05) is 29.5 Å². The van der Waals surface area contributed by atoms with Crippen molar-refractivity contribution in [2.24, 2.45) is 0 Å². The Balaban J connectivity index is 2.07. The second-order valence-corrected chi connectivity index (χ2v) is 13.9. The molecule has 1 rings (SSSR count). The number of nitrogens with zero attached hydrogens (tertiary/aromatic N) is 4. The molecule has 1 aromatic rings. The second-order valence-electron chi connectivity index (χ2n) is 13.9. The Bertz CT molecular complexity index is 686. The molecule has 0 amide bonds. The number of hydrogen-bond acceptors (Lipinski definition) is 6. The highest BCUT2D eigenvalue weighted by Crippen LogP contribution is 2.18. The Morgan fingerprint density at radius 3 is 0.800 bits per heavy atom. The van der Waals surface area contributed by atoms with Gasteiger partial charge in [0, 0.05) is 13.1 Å². The van der Waals surface area contributed by atoms with Crippen LogP contribution in [0.5, 0.6) is 0 Å². The van der Waals surface area contributed by atoms with E-state index in [4.69, 9.17) is 11.5 Å². The topological polar surface area (TPSA) is 94.0 Å². The van der Waals surface area contributed by atoms with E-state index in [9.17, 15) is 0 Å². The molecule has 1 heterocycles. The van der Waals surface area contributed by atoms with Crippen molar-refractivity contribution in [3.8, 4) is 0 Å². The normalized spacial score (nSPS) is 11.4. The quantitative estimate of drug-likeness (QED) is 0.0725. The van der Waals surface area contributed by atoms with Crippen molar-refractivity contribution in [3.05, 3.63) is 0 Å². The fourth-order valence-corrected chi connectivity index (χ4v) is 6.55. The number of rotatable bonds is 35. The molecule has 6 heteroatoms. The van der Waals surface area contributed by atoms with Gasteiger partial charge in [0.1, 0.15) is 0 Å². The summed E-state index contributed by atoms with van der Waals surface area (Å²) in [6.07, 6.45) is 44.4. The minimum Gasteiger partial charge on any atom is -0.368 e. The molecule has 0 fully saturated rings. The van der Waals surface area contributed by atoms with Gasteiger partial charge in [0.05, 0.1) is 0 Å². The fourth-order valence-electron chi connectivity index (χ4n) is 6.55. The van der Waals surface area contributed by atoms with Gasteiger partial charge in [-0.15, -0.1) is 0 Å². The summed E-state index contributed by atoms with van der Waals surface area (Å²) in [4.78, 5) is 15.1. The van der Waals surface area contributed by atoms with E-state index in [2.05, 4.69) is 33.7 Å². The molecule has 0 bridgehead atoms. The third kappa shape index (κ3) is 27.3. The van der Waals surface area contributed by atoms with E-state index in [0.717, 1.165) is 13.1 Å². The highest BCUT2D eigenvalue weighted by Gasteiger charge is 2.12. The van der Waals surface area contributed by atoms with Gasteiger partial charge in [-0.2, -0.15) is 15.0 Å². The van der Waals surface area contributed by atoms with Gasteiger partial charge in [-0.1, -0.05) is 206 Å². The molecule has 0 spiro atoms. The predicted octanol–water partition coefficient (Wildman–Crippen LogP) is 12.4. The van der Waals surface area contributed by atoms with Crippen LogP contribution in [0.2, 0.25) is 0 Å². The minimum absolute atomic E-state index is 0.224. The van der Waals surface area contributed by atoms with Gasteiger partial charge in [0.15, 0.2) is 0 Å². The van der Waals surface area contributed by atoms with Crippen molar-refractivity contribution in [1.29, 1.82) is 0 Å². The van der Waals surface area contributed by atoms with Crippen LogP contribution in [0.25, 0.3) is 0 Å². The molecular formula is C39H78N6. The number of nitrogen functional groups attached to an aromatic ring is 2. The second kappa shape index (κ2) is 32.4. The highest BCUT2D eigenvalue weighted by atomic mass is 15.3. The molecule has 0 unspecified atom stereocenters. The molecule has 0 aliphatic rings. The fraction of sp³-hybridized carbons (Fsp3) is 0.923. The van der Waals surface area contributed by atoms with Crippen LogP contribution in [0, 0.1) is 0 Å². The lowest BCUT2D eigenvalue weighted by Gasteiger charge is -2.23. The predicted molar refractivity (Wildman–Crippen MR) is 200 cm³/mol. The van der Waals surface area contributed by atoms with E-state index in [1.807, 2.05) is 0 Å². The van der Waals surface area contributed by atoms with Crippen LogP contribution in [-0.4, -0.2) is 28.0 Å². The van der Waals surface area contributed by atoms with Crippen LogP contribution in [0.15, 0.2) is 0 Å². The Morgan fingerprint density at radius 2 is 0.556 bits per heavy atom. The third-order valence-corrected chi connectivity index (χ3v) is 9.50. The van der Waals surface area contributed by atoms with Crippen LogP contribution in [-0.2, 0) is 0 Å². The maximum absolute atomic E-state index is 5.91. The largest absolute Gasteiger partial charge is 0.368 e. The molecule has 45 heavy (non-hydrogen) atoms. The number of unbranched alkanes of at least 4 members (excludes halogenated alkanes) is 30. The molecule has 0 aromatic carbocycles. The maximum atomic E-state index is 5.91. The lowest BCUT2D eigenvalue weighted by molar-refractivity contribution is 0.524. The molecular weight excluding hydrogens is 552 g/mol. The van der Waals surface area contributed by atoms with Crippen molar-refractivity contribution in [2.45, 2.75) is 219 Å². The van der Waals surface area contributed by atoms with E-state index in [1.54, 1.807) is 0 Å². The number of hydrogen-bond donors (Lipinski definition) is 2. The van der Waals surface area contributed by atoms with Crippen LogP contribution >= 0.6 is 0 Å². The zero-order valence-corrected chi connectivity index (χ0v) is 30.5. The first-order valence-electron chi connectivity index (χ1n) is 20.2. The Labute approximate surface area is 281 Å². The van der Waals surface area contributed by atoms with Gasteiger partial charge < -0.3 is 16.4 Å². The molecule has 0 radical (unpaired) electrons. The summed E-state index contributed by atoms with van der Waals surface area (Å²) >= 11 is 0. The molecule has 1 aromatic heterocycles. The molecule has 0 aliphatic heterocycles. The van der Waals surface area contributed by atoms with Crippen LogP contribution in [0.1, 0.15) is 219 Å². The van der Waals surface area contributed by atoms with Gasteiger partial charge >= 0.3 is 0 Å². The van der Waals surface area contributed by atoms with Gasteiger partial charge in [-0.05, 0) is 12.8 Å². The maximum Gasteiger partial charge on any atom is 0.231 e. The zero-order chi connectivity index (χ0) is 32.5. The van der Waals surface area contributed by atoms with Crippen LogP contribution < -0.4 is 16.4 Å². The van der Waals surface area contributed by atoms with E-state index in [1.165, 1.54) is 205 Å². The Hall–Kier alpha value is -1.59. The van der Waals surface area contributed by atoms with Gasteiger partial charge in [-0.25, -0.2) is 0 Å². The van der Waals surface area contributed by atoms with Crippen molar-refractivity contribution in [1.82, 2.24) is 15.0 Å². The van der Waals surface area contributed by atoms with Crippen LogP contribution in [0.4, 0.5) is 17.8 Å². The summed E-state index contributed by atoms with van der Waals surface area (Å²) in [6.45, 7) is 6.54. The highest BCUT2D eigenvalue weighted by molar-refractivity contribution is 5.39. The van der Waals surface area contributed by atoms with Gasteiger partial charge in [0.25, 0.3) is 0 Å². The van der Waals surface area contributed by atoms with Gasteiger partial charge in [-0.3, -0.25) is 0 Å². The molecule has 0 aliphatic carbocycles. The number of aromatic nitrogens is 3. The van der Waals surface area contributed by atoms with Crippen molar-refractivity contribution in [3.63, 3.8) is 0 Å². The van der Waals surface area contributed by atoms with E-state index in [-0.39, 0.29) is 11.9 Å². The molecule has 0 saturated heterocycles. The molecule has 6 nitrogen and oxygen atoms in total. The summed E-state index contributed by atoms with van der Waals surface area (Å²) in [5.74, 6) is 1.10. The van der Waals surface area contributed by atoms with E-state index >= 15 is 0 Å². The lowest BCUT2D eigenvalue weighted by atomic mass is 10.0. The standard InChI is InChI=1S/C39H78N6/c1-3-5-7-9-11-13-15-17-19-21-23-25-27-29-31-33-35-45(39-43-37(40)42-38(41)44-39)36-34-32-30-28-26-24-22-20-18-16-14-12-10-8-6-4-2/h3-36H2,1-2H3,(H4,40,41,42,43,44). The average molecular weight is 631 g/mol. The summed E-state index contributed by atoms with van der Waals surface area (Å²) in [5, 5.41) is 0. The first kappa shape index (κ1) is 41.4. The average Bonchev–Trinajstić information content (AvgIpc) is 3.02. The zero-order valence-electron chi connectivity index (χ0n) is 30.5. The Kier molecular flexibility index (Phi) is 29.8. The smallest absolute Gasteiger partial charge is 0.231 e. The van der Waals surface area contributed by atoms with E-state index < -0.39 is 0 Å². The molecule has 0 saturated carbocycles. The first-order valence-corrected chi connectivity index (χ1v) is 20.2. The molecule has 264 valence electrons. The Morgan fingerprint density at radius 1 is 0.333 bits per heavy atom. The SMILES string of the molecule is CCCCCCCCCCCCCCCCCCN(CCCCCCCCCCCCCCCCCC)c1nc(N)nc(N)n1. The summed E-state index contributed by atoms with van der Waals surface area (Å²) in [5.41, 5.74) is 11.8. The van der Waals surface area contributed by atoms with Crippen molar-refractivity contribution < 1.29 is 0 Å². The summed E-state index contributed by atoms with van der Waals surface area (Å²) in [6, 6.07) is 0. The number of nitrogens with two attached hydrogens (primary N) is 2. The summed E-state index contributed by atoms with van der Waals surface area (Å²) in [7, 11) is 0. The first-order chi connectivity index (χ1) is 22.2. The van der Waals surface area contributed by atoms with E-state index in [0.29, 0.717) is 5.95 Å². The van der Waals surface area contributed by atoms with Crippen molar-refractivity contribution >= 4 is 17.8 Å².